The molecule has 0 aliphatic heterocycles. The van der Waals surface area contributed by atoms with E-state index in [9.17, 15) is 9.50 Å². The topological polar surface area (TPSA) is 55.2 Å². The molecule has 0 bridgehead atoms. The molecule has 92 valence electrons. The number of fused-ring (bicyclic) bond motifs is 1. The molecule has 17 heavy (non-hydrogen) atoms. The highest BCUT2D eigenvalue weighted by Gasteiger charge is 2.16. The molecule has 4 nitrogen and oxygen atoms in total. The summed E-state index contributed by atoms with van der Waals surface area (Å²) >= 11 is 6.85. The Kier molecular flexibility index (Phi) is 3.46. The third-order valence-electron chi connectivity index (χ3n) is 2.26. The monoisotopic (exact) mass is 276 g/mol. The molecule has 2 heterocycles. The van der Waals surface area contributed by atoms with Crippen LogP contribution in [0.1, 0.15) is 13.8 Å². The second-order valence-corrected chi connectivity index (χ2v) is 5.19. The van der Waals surface area contributed by atoms with Gasteiger partial charge < -0.3 is 9.84 Å². The first-order valence-electron chi connectivity index (χ1n) is 4.94. The number of rotatable bonds is 3. The number of halogens is 2. The van der Waals surface area contributed by atoms with Crippen LogP contribution < -0.4 is 4.74 Å². The first kappa shape index (κ1) is 12.5. The van der Waals surface area contributed by atoms with E-state index >= 15 is 0 Å². The van der Waals surface area contributed by atoms with Gasteiger partial charge in [0.2, 0.25) is 0 Å². The van der Waals surface area contributed by atoms with E-state index in [1.165, 1.54) is 6.07 Å². The fourth-order valence-electron chi connectivity index (χ4n) is 1.16. The number of aliphatic hydroxyl groups excluding tert-OH is 1. The molecule has 0 amide bonds. The van der Waals surface area contributed by atoms with Crippen LogP contribution in [0.25, 0.3) is 10.3 Å². The number of hydrogen-bond acceptors (Lipinski definition) is 5. The number of hydrogen-bond donors (Lipinski definition) is 1. The van der Waals surface area contributed by atoms with Gasteiger partial charge in [-0.3, -0.25) is 0 Å². The van der Waals surface area contributed by atoms with Crippen LogP contribution in [0.2, 0.25) is 4.47 Å². The largest absolute Gasteiger partial charge is 0.470 e. The summed E-state index contributed by atoms with van der Waals surface area (Å²) in [5.41, 5.74) is 0.398. The van der Waals surface area contributed by atoms with Crippen molar-refractivity contribution in [1.29, 1.82) is 0 Å². The predicted molar refractivity (Wildman–Crippen MR) is 64.2 cm³/mol. The molecule has 0 saturated heterocycles. The molecule has 7 heteroatoms. The summed E-state index contributed by atoms with van der Waals surface area (Å²) in [6, 6.07) is 1.22. The van der Waals surface area contributed by atoms with E-state index in [0.717, 1.165) is 11.3 Å². The lowest BCUT2D eigenvalue weighted by molar-refractivity contribution is 0.0549. The highest BCUT2D eigenvalue weighted by molar-refractivity contribution is 7.21. The van der Waals surface area contributed by atoms with Gasteiger partial charge in [0.1, 0.15) is 16.5 Å². The molecule has 0 saturated carbocycles. The number of nitrogens with zero attached hydrogens (tertiary/aromatic N) is 2. The number of pyridine rings is 1. The van der Waals surface area contributed by atoms with Crippen LogP contribution in [0.3, 0.4) is 0 Å². The number of thiazole rings is 1. The molecule has 0 spiro atoms. The van der Waals surface area contributed by atoms with Crippen molar-refractivity contribution in [3.05, 3.63) is 16.4 Å². The van der Waals surface area contributed by atoms with Crippen molar-refractivity contribution in [3.8, 4) is 5.88 Å². The van der Waals surface area contributed by atoms with Crippen molar-refractivity contribution in [2.45, 2.75) is 26.1 Å². The molecule has 2 aromatic heterocycles. The summed E-state index contributed by atoms with van der Waals surface area (Å²) in [7, 11) is 0. The summed E-state index contributed by atoms with van der Waals surface area (Å²) in [6.45, 7) is 3.19. The average molecular weight is 277 g/mol. The highest BCUT2D eigenvalue weighted by atomic mass is 35.5. The third kappa shape index (κ3) is 2.65. The van der Waals surface area contributed by atoms with Crippen LogP contribution in [-0.4, -0.2) is 27.3 Å². The first-order chi connectivity index (χ1) is 7.97. The normalized spacial score (nSPS) is 14.9. The van der Waals surface area contributed by atoms with Gasteiger partial charge >= 0.3 is 0 Å². The Morgan fingerprint density at radius 1 is 1.47 bits per heavy atom. The molecule has 0 aliphatic carbocycles. The predicted octanol–water partition coefficient (Wildman–Crippen LogP) is 2.63. The zero-order valence-electron chi connectivity index (χ0n) is 9.15. The van der Waals surface area contributed by atoms with E-state index in [-0.39, 0.29) is 5.88 Å². The fraction of sp³-hybridized carbons (Fsp3) is 0.400. The van der Waals surface area contributed by atoms with Crippen LogP contribution in [0, 0.1) is 5.82 Å². The summed E-state index contributed by atoms with van der Waals surface area (Å²) in [5.74, 6) is -0.766. The van der Waals surface area contributed by atoms with Crippen molar-refractivity contribution in [2.24, 2.45) is 0 Å². The van der Waals surface area contributed by atoms with Crippen molar-refractivity contribution in [2.75, 3.05) is 0 Å². The molecular weight excluding hydrogens is 267 g/mol. The summed E-state index contributed by atoms with van der Waals surface area (Å²) in [5, 5.41) is 9.28. The van der Waals surface area contributed by atoms with Gasteiger partial charge in [-0.2, -0.15) is 4.98 Å². The van der Waals surface area contributed by atoms with Gasteiger partial charge in [-0.05, 0) is 13.8 Å². The molecule has 0 aliphatic rings. The van der Waals surface area contributed by atoms with Gasteiger partial charge in [0.15, 0.2) is 10.3 Å². The van der Waals surface area contributed by atoms with Crippen LogP contribution in [0.4, 0.5) is 4.39 Å². The second kappa shape index (κ2) is 4.72. The van der Waals surface area contributed by atoms with Crippen molar-refractivity contribution in [3.63, 3.8) is 0 Å². The quantitative estimate of drug-likeness (QED) is 0.936. The molecule has 2 atom stereocenters. The minimum Gasteiger partial charge on any atom is -0.470 e. The summed E-state index contributed by atoms with van der Waals surface area (Å²) < 4.78 is 19.1. The number of ether oxygens (including phenoxy) is 1. The lowest BCUT2D eigenvalue weighted by Gasteiger charge is -2.16. The van der Waals surface area contributed by atoms with Gasteiger partial charge in [0.05, 0.1) is 6.10 Å². The maximum Gasteiger partial charge on any atom is 0.252 e. The molecule has 2 rings (SSSR count). The van der Waals surface area contributed by atoms with Crippen LogP contribution in [-0.2, 0) is 0 Å². The molecule has 2 aromatic rings. The zero-order valence-corrected chi connectivity index (χ0v) is 10.7. The Labute approximate surface area is 106 Å². The average Bonchev–Trinajstić information content (AvgIpc) is 2.57. The van der Waals surface area contributed by atoms with E-state index < -0.39 is 18.0 Å². The van der Waals surface area contributed by atoms with Crippen LogP contribution >= 0.6 is 22.9 Å². The SMILES string of the molecule is C[C@H](Oc1nc2sc(Cl)nc2cc1F)[C@@H](C)O. The lowest BCUT2D eigenvalue weighted by Crippen LogP contribution is -2.26. The Bertz CT molecular complexity index is 546. The third-order valence-corrected chi connectivity index (χ3v) is 3.33. The lowest BCUT2D eigenvalue weighted by atomic mass is 10.2. The van der Waals surface area contributed by atoms with E-state index in [2.05, 4.69) is 9.97 Å². The minimum atomic E-state index is -0.711. The van der Waals surface area contributed by atoms with E-state index in [1.807, 2.05) is 0 Å². The van der Waals surface area contributed by atoms with Crippen molar-refractivity contribution >= 4 is 33.3 Å². The van der Waals surface area contributed by atoms with Crippen molar-refractivity contribution < 1.29 is 14.2 Å². The van der Waals surface area contributed by atoms with Gasteiger partial charge in [-0.25, -0.2) is 9.37 Å². The van der Waals surface area contributed by atoms with Crippen molar-refractivity contribution in [1.82, 2.24) is 9.97 Å². The molecule has 0 unspecified atom stereocenters. The Morgan fingerprint density at radius 3 is 2.82 bits per heavy atom. The van der Waals surface area contributed by atoms with Gasteiger partial charge in [0, 0.05) is 6.07 Å². The molecule has 0 fully saturated rings. The maximum absolute atomic E-state index is 13.6. The molecule has 1 N–H and O–H groups in total. The number of aromatic nitrogens is 2. The Balaban J connectivity index is 2.36. The minimum absolute atomic E-state index is 0.147. The van der Waals surface area contributed by atoms with Gasteiger partial charge in [-0.15, -0.1) is 0 Å². The summed E-state index contributed by atoms with van der Waals surface area (Å²) in [4.78, 5) is 8.39. The smallest absolute Gasteiger partial charge is 0.252 e. The maximum atomic E-state index is 13.6. The Hall–Kier alpha value is -0.980. The highest BCUT2D eigenvalue weighted by Crippen LogP contribution is 2.28. The number of aliphatic hydroxyl groups is 1. The van der Waals surface area contributed by atoms with E-state index in [4.69, 9.17) is 16.3 Å². The van der Waals surface area contributed by atoms with E-state index in [0.29, 0.717) is 14.8 Å². The van der Waals surface area contributed by atoms with Gasteiger partial charge in [-0.1, -0.05) is 22.9 Å². The summed E-state index contributed by atoms with van der Waals surface area (Å²) in [6.07, 6.45) is -1.25. The van der Waals surface area contributed by atoms with Crippen LogP contribution in [0.5, 0.6) is 5.88 Å². The second-order valence-electron chi connectivity index (χ2n) is 3.63. The van der Waals surface area contributed by atoms with E-state index in [1.54, 1.807) is 13.8 Å². The first-order valence-corrected chi connectivity index (χ1v) is 6.14. The standard InChI is InChI=1S/C10H10ClFN2O2S/c1-4(15)5(2)16-8-6(12)3-7-9(14-8)17-10(11)13-7/h3-5,15H,1-2H3/t4-,5+/m1/s1. The molecular formula is C10H10ClFN2O2S. The molecule has 0 radical (unpaired) electrons. The Morgan fingerprint density at radius 2 is 2.18 bits per heavy atom. The molecule has 0 aromatic carbocycles. The van der Waals surface area contributed by atoms with Crippen LogP contribution in [0.15, 0.2) is 6.07 Å². The fourth-order valence-corrected chi connectivity index (χ4v) is 2.11. The van der Waals surface area contributed by atoms with Gasteiger partial charge in [0.25, 0.3) is 5.88 Å². The zero-order chi connectivity index (χ0) is 12.6.